The van der Waals surface area contributed by atoms with E-state index in [9.17, 15) is 24.0 Å². The molecule has 6 rings (SSSR count). The summed E-state index contributed by atoms with van der Waals surface area (Å²) in [4.78, 5) is 72.6. The summed E-state index contributed by atoms with van der Waals surface area (Å²) in [5.74, 6) is -2.53. The maximum atomic E-state index is 15.4. The van der Waals surface area contributed by atoms with E-state index in [0.29, 0.717) is 38.4 Å². The lowest BCUT2D eigenvalue weighted by Crippen LogP contribution is -2.50. The Morgan fingerprint density at radius 1 is 0.823 bits per heavy atom. The Hall–Kier alpha value is -4.72. The van der Waals surface area contributed by atoms with E-state index in [1.165, 1.54) is 25.8 Å². The molecule has 1 heterocycles. The van der Waals surface area contributed by atoms with E-state index in [1.807, 2.05) is 54.6 Å². The Bertz CT molecular complexity index is 1890. The predicted octanol–water partition coefficient (Wildman–Crippen LogP) is 7.39. The zero-order chi connectivity index (χ0) is 44.9. The average molecular weight is 864 g/mol. The molecule has 4 unspecified atom stereocenters. The topological polar surface area (TPSA) is 141 Å². The van der Waals surface area contributed by atoms with Crippen molar-refractivity contribution >= 4 is 35.6 Å². The van der Waals surface area contributed by atoms with E-state index < -0.39 is 52.2 Å². The normalized spacial score (nSPS) is 23.7. The predicted molar refractivity (Wildman–Crippen MR) is 230 cm³/mol. The first-order chi connectivity index (χ1) is 29.4. The number of anilines is 1. The third kappa shape index (κ3) is 11.3. The van der Waals surface area contributed by atoms with Crippen LogP contribution in [0.1, 0.15) is 109 Å². The summed E-state index contributed by atoms with van der Waals surface area (Å²) in [6.45, 7) is 11.0. The molecule has 62 heavy (non-hydrogen) atoms. The highest BCUT2D eigenvalue weighted by molar-refractivity contribution is 5.92. The van der Waals surface area contributed by atoms with Crippen LogP contribution in [-0.2, 0) is 49.5 Å². The van der Waals surface area contributed by atoms with Gasteiger partial charge >= 0.3 is 24.0 Å². The molecular formula is C48H66FN3O10. The largest absolute Gasteiger partial charge is 0.464 e. The summed E-state index contributed by atoms with van der Waals surface area (Å²) in [6, 6.07) is 17.5. The average Bonchev–Trinajstić information content (AvgIpc) is 4.12. The molecule has 4 aliphatic rings. The Morgan fingerprint density at radius 2 is 1.47 bits per heavy atom. The molecule has 340 valence electrons. The van der Waals surface area contributed by atoms with Crippen LogP contribution in [0.15, 0.2) is 54.6 Å². The molecule has 5 atom stereocenters. The number of halogens is 1. The third-order valence-corrected chi connectivity index (χ3v) is 13.0. The first-order valence-electron chi connectivity index (χ1n) is 22.3. The lowest BCUT2D eigenvalue weighted by molar-refractivity contribution is -0.158. The van der Waals surface area contributed by atoms with E-state index in [4.69, 9.17) is 23.7 Å². The fraction of sp³-hybridized carbons (Fsp3) is 0.646. The molecule has 4 fully saturated rings. The minimum atomic E-state index is -1.77. The van der Waals surface area contributed by atoms with E-state index in [-0.39, 0.29) is 63.3 Å². The molecule has 2 aromatic rings. The van der Waals surface area contributed by atoms with Crippen molar-refractivity contribution in [3.63, 3.8) is 0 Å². The van der Waals surface area contributed by atoms with Crippen molar-refractivity contribution in [2.75, 3.05) is 58.5 Å². The summed E-state index contributed by atoms with van der Waals surface area (Å²) in [7, 11) is 3.11. The van der Waals surface area contributed by atoms with E-state index in [0.717, 1.165) is 42.7 Å². The van der Waals surface area contributed by atoms with Crippen LogP contribution in [-0.4, -0.2) is 116 Å². The number of unbranched alkanes of at least 4 members (excludes halogenated alkanes) is 1. The zero-order valence-corrected chi connectivity index (χ0v) is 37.6. The number of esters is 3. The fourth-order valence-electron chi connectivity index (χ4n) is 9.00. The van der Waals surface area contributed by atoms with Gasteiger partial charge in [-0.15, -0.1) is 0 Å². The number of hydrogen-bond donors (Lipinski definition) is 0. The number of ether oxygens (including phenoxy) is 5. The number of morpholine rings is 1. The maximum Gasteiger partial charge on any atom is 0.411 e. The number of nitrogens with zero attached hydrogens (tertiary/aromatic N) is 3. The molecule has 0 bridgehead atoms. The molecule has 0 spiro atoms. The van der Waals surface area contributed by atoms with Crippen LogP contribution < -0.4 is 4.90 Å². The molecule has 2 aromatic carbocycles. The highest BCUT2D eigenvalue weighted by Crippen LogP contribution is 2.60. The molecule has 1 saturated heterocycles. The van der Waals surface area contributed by atoms with Gasteiger partial charge < -0.3 is 33.5 Å². The lowest BCUT2D eigenvalue weighted by atomic mass is 9.91. The van der Waals surface area contributed by atoms with Crippen molar-refractivity contribution in [3.8, 4) is 0 Å². The second-order valence-electron chi connectivity index (χ2n) is 19.1. The number of rotatable bonds is 20. The highest BCUT2D eigenvalue weighted by atomic mass is 19.1. The number of carbonyl (C=O) groups is 5. The van der Waals surface area contributed by atoms with Crippen LogP contribution >= 0.6 is 0 Å². The Labute approximate surface area is 365 Å². The van der Waals surface area contributed by atoms with Crippen LogP contribution in [0.5, 0.6) is 0 Å². The van der Waals surface area contributed by atoms with Gasteiger partial charge in [0.15, 0.2) is 0 Å². The van der Waals surface area contributed by atoms with Gasteiger partial charge in [0.05, 0.1) is 26.4 Å². The van der Waals surface area contributed by atoms with Crippen LogP contribution in [0.3, 0.4) is 0 Å². The van der Waals surface area contributed by atoms with Gasteiger partial charge in [0.25, 0.3) is 0 Å². The van der Waals surface area contributed by atoms with Gasteiger partial charge in [0, 0.05) is 51.6 Å². The summed E-state index contributed by atoms with van der Waals surface area (Å²) >= 11 is 0. The second-order valence-corrected chi connectivity index (χ2v) is 19.1. The number of likely N-dealkylation sites (N-methyl/N-ethyl adjacent to an activating group) is 2. The molecule has 0 radical (unpaired) electrons. The minimum absolute atomic E-state index is 0.00789. The van der Waals surface area contributed by atoms with Crippen molar-refractivity contribution in [3.05, 3.63) is 65.7 Å². The summed E-state index contributed by atoms with van der Waals surface area (Å²) in [6.07, 6.45) is 3.35. The van der Waals surface area contributed by atoms with E-state index >= 15 is 4.39 Å². The number of alkyl halides is 1. The van der Waals surface area contributed by atoms with Gasteiger partial charge in [-0.1, -0.05) is 42.5 Å². The van der Waals surface area contributed by atoms with Crippen LogP contribution in [0.4, 0.5) is 14.9 Å². The standard InChI is InChI=1S/C48H66FN3O10/c1-45(2,3)62-44(57)51(7)48(31-39(48)46(4,5)49)43(56)60-26-22-36(34-18-20-37(21-19-34)52-23-27-58-28-24-52)29-40(53)50(6)47(30-38(47)35-16-17-35)42(55)59-25-12-11-15-41(54)61-32-33-13-9-8-10-14-33/h8-10,13-14,18-21,35-36,38-39H,11-12,15-17,22-32H2,1-7H3/t36?,38?,39-,47?,48?/m0/s1. The van der Waals surface area contributed by atoms with Crippen molar-refractivity contribution < 1.29 is 52.0 Å². The van der Waals surface area contributed by atoms with Crippen molar-refractivity contribution in [2.45, 2.75) is 127 Å². The summed E-state index contributed by atoms with van der Waals surface area (Å²) < 4.78 is 43.6. The highest BCUT2D eigenvalue weighted by Gasteiger charge is 2.71. The van der Waals surface area contributed by atoms with Crippen molar-refractivity contribution in [1.82, 2.24) is 9.80 Å². The Kier molecular flexibility index (Phi) is 14.6. The van der Waals surface area contributed by atoms with Gasteiger partial charge in [-0.3, -0.25) is 14.5 Å². The molecule has 3 aliphatic carbocycles. The van der Waals surface area contributed by atoms with Crippen molar-refractivity contribution in [1.29, 1.82) is 0 Å². The van der Waals surface area contributed by atoms with Gasteiger partial charge in [-0.25, -0.2) is 18.8 Å². The molecule has 3 saturated carbocycles. The lowest BCUT2D eigenvalue weighted by Gasteiger charge is -2.32. The van der Waals surface area contributed by atoms with Crippen LogP contribution in [0, 0.1) is 17.8 Å². The van der Waals surface area contributed by atoms with Gasteiger partial charge in [-0.2, -0.15) is 0 Å². The summed E-state index contributed by atoms with van der Waals surface area (Å²) in [5, 5.41) is 0. The molecule has 13 nitrogen and oxygen atoms in total. The van der Waals surface area contributed by atoms with Crippen LogP contribution in [0.2, 0.25) is 0 Å². The van der Waals surface area contributed by atoms with Gasteiger partial charge in [0.2, 0.25) is 5.91 Å². The summed E-state index contributed by atoms with van der Waals surface area (Å²) in [5.41, 5.74) is -2.40. The monoisotopic (exact) mass is 863 g/mol. The first kappa shape index (κ1) is 46.8. The number of amides is 2. The SMILES string of the molecule is CN(C(=O)CC(CCOC(=O)C1(N(C)C(=O)OC(C)(C)C)C[C@H]1C(C)(C)F)c1ccc(N2CCOCC2)cc1)C1(C(=O)OCCCCC(=O)OCc2ccccc2)CC1C1CC1. The zero-order valence-electron chi connectivity index (χ0n) is 37.6. The number of benzene rings is 2. The van der Waals surface area contributed by atoms with E-state index in [2.05, 4.69) is 4.90 Å². The first-order valence-corrected chi connectivity index (χ1v) is 22.3. The second kappa shape index (κ2) is 19.3. The third-order valence-electron chi connectivity index (χ3n) is 13.0. The molecule has 0 N–H and O–H groups in total. The molecule has 0 aromatic heterocycles. The molecule has 2 amide bonds. The Balaban J connectivity index is 1.10. The van der Waals surface area contributed by atoms with Crippen molar-refractivity contribution in [2.24, 2.45) is 17.8 Å². The fourth-order valence-corrected chi connectivity index (χ4v) is 9.00. The number of carbonyl (C=O) groups excluding carboxylic acids is 5. The Morgan fingerprint density at radius 3 is 2.08 bits per heavy atom. The maximum absolute atomic E-state index is 15.4. The number of hydrogen-bond acceptors (Lipinski definition) is 11. The smallest absolute Gasteiger partial charge is 0.411 e. The van der Waals surface area contributed by atoms with E-state index in [1.54, 1.807) is 32.7 Å². The minimum Gasteiger partial charge on any atom is -0.464 e. The molecular weight excluding hydrogens is 798 g/mol. The van der Waals surface area contributed by atoms with Gasteiger partial charge in [-0.05, 0) is 121 Å². The molecule has 1 aliphatic heterocycles. The van der Waals surface area contributed by atoms with Crippen LogP contribution in [0.25, 0.3) is 0 Å². The molecule has 14 heteroatoms. The van der Waals surface area contributed by atoms with Gasteiger partial charge in [0.1, 0.15) is 29.0 Å². The quantitative estimate of drug-likeness (QED) is 0.0748.